The second kappa shape index (κ2) is 15.4. The molecule has 2 heterocycles. The maximum Gasteiger partial charge on any atom is 0.335 e. The molecule has 2 aliphatic heterocycles. The number of carboxylic acids is 1. The predicted octanol–water partition coefficient (Wildman–Crippen LogP) is 6.10. The van der Waals surface area contributed by atoms with Crippen molar-refractivity contribution in [3.63, 3.8) is 0 Å². The number of carbonyl (C=O) groups is 2. The van der Waals surface area contributed by atoms with Crippen molar-refractivity contribution in [2.75, 3.05) is 52.6 Å². The first-order valence-corrected chi connectivity index (χ1v) is 15.7. The number of amides is 1. The number of hydrogen-bond acceptors (Lipinski definition) is 8. The van der Waals surface area contributed by atoms with Gasteiger partial charge in [-0.05, 0) is 78.6 Å². The average Bonchev–Trinajstić information content (AvgIpc) is 3.31. The Morgan fingerprint density at radius 2 is 1.62 bits per heavy atom. The van der Waals surface area contributed by atoms with Gasteiger partial charge in [0.2, 0.25) is 0 Å². The van der Waals surface area contributed by atoms with Gasteiger partial charge in [-0.1, -0.05) is 36.1 Å². The molecule has 1 amide bonds. The molecule has 2 aliphatic rings. The van der Waals surface area contributed by atoms with Crippen LogP contribution in [0.25, 0.3) is 17.2 Å². The largest absolute Gasteiger partial charge is 0.494 e. The maximum absolute atomic E-state index is 14.0. The lowest BCUT2D eigenvalue weighted by Gasteiger charge is -2.26. The van der Waals surface area contributed by atoms with Crippen LogP contribution in [0.5, 0.6) is 11.5 Å². The lowest BCUT2D eigenvalue weighted by Crippen LogP contribution is -2.37. The van der Waals surface area contributed by atoms with Gasteiger partial charge in [0.1, 0.15) is 15.8 Å². The number of nitrogens with zero attached hydrogens (tertiary/aromatic N) is 2. The van der Waals surface area contributed by atoms with Gasteiger partial charge in [-0.25, -0.2) is 13.6 Å². The Balaban J connectivity index is 1.26. The Bertz CT molecular complexity index is 1580. The number of morpholine rings is 1. The van der Waals surface area contributed by atoms with E-state index in [-0.39, 0.29) is 11.5 Å². The van der Waals surface area contributed by atoms with Crippen LogP contribution in [0.15, 0.2) is 65.6 Å². The van der Waals surface area contributed by atoms with Gasteiger partial charge in [0.15, 0.2) is 11.6 Å². The van der Waals surface area contributed by atoms with E-state index in [1.807, 2.05) is 0 Å². The predicted molar refractivity (Wildman–Crippen MR) is 173 cm³/mol. The SMILES string of the molecule is O=C(O)c1ccc(OCCCN2C(=O)C(=Cc3cc(-c4ccc(F)c(F)c4)ccc3OCCCN3CCOCC3)SC2=S)cc1. The maximum atomic E-state index is 14.0. The van der Waals surface area contributed by atoms with Gasteiger partial charge in [0.25, 0.3) is 5.91 Å². The summed E-state index contributed by atoms with van der Waals surface area (Å²) >= 11 is 6.70. The van der Waals surface area contributed by atoms with E-state index in [0.717, 1.165) is 51.4 Å². The van der Waals surface area contributed by atoms with Crippen molar-refractivity contribution in [3.05, 3.63) is 88.3 Å². The van der Waals surface area contributed by atoms with Crippen LogP contribution < -0.4 is 9.47 Å². The Morgan fingerprint density at radius 3 is 2.36 bits per heavy atom. The van der Waals surface area contributed by atoms with Gasteiger partial charge in [-0.2, -0.15) is 0 Å². The van der Waals surface area contributed by atoms with Crippen LogP contribution in [-0.2, 0) is 9.53 Å². The fraction of sp³-hybridized carbons (Fsp3) is 0.303. The standard InChI is InChI=1S/C33H32F2N2O6S2/c34-27-9-5-24(20-28(27)35)23-6-10-29(43-16-1-11-36-13-17-41-18-14-36)25(19-23)21-30-31(38)37(33(44)45-30)12-2-15-42-26-7-3-22(4-8-26)32(39)40/h3-10,19-21H,1-2,11-18H2,(H,39,40). The molecule has 12 heteroatoms. The fourth-order valence-corrected chi connectivity index (χ4v) is 6.18. The molecule has 0 saturated carbocycles. The van der Waals surface area contributed by atoms with E-state index in [4.69, 9.17) is 31.5 Å². The van der Waals surface area contributed by atoms with Crippen LogP contribution in [0.4, 0.5) is 8.78 Å². The number of benzene rings is 3. The smallest absolute Gasteiger partial charge is 0.335 e. The Hall–Kier alpha value is -3.84. The van der Waals surface area contributed by atoms with Gasteiger partial charge in [0.05, 0.1) is 36.9 Å². The van der Waals surface area contributed by atoms with Crippen molar-refractivity contribution in [3.8, 4) is 22.6 Å². The van der Waals surface area contributed by atoms with E-state index >= 15 is 0 Å². The summed E-state index contributed by atoms with van der Waals surface area (Å²) in [6.45, 7) is 5.22. The highest BCUT2D eigenvalue weighted by Gasteiger charge is 2.32. The minimum absolute atomic E-state index is 0.170. The number of carbonyl (C=O) groups excluding carboxylic acids is 1. The molecule has 5 rings (SSSR count). The van der Waals surface area contributed by atoms with E-state index in [0.29, 0.717) is 63.6 Å². The highest BCUT2D eigenvalue weighted by atomic mass is 32.2. The summed E-state index contributed by atoms with van der Waals surface area (Å²) in [6, 6.07) is 15.2. The molecular formula is C33H32F2N2O6S2. The Labute approximate surface area is 269 Å². The van der Waals surface area contributed by atoms with Crippen molar-refractivity contribution in [2.24, 2.45) is 0 Å². The number of ether oxygens (including phenoxy) is 3. The van der Waals surface area contributed by atoms with Gasteiger partial charge in [-0.3, -0.25) is 14.6 Å². The summed E-state index contributed by atoms with van der Waals surface area (Å²) in [4.78, 5) is 28.7. The molecule has 0 radical (unpaired) electrons. The third-order valence-corrected chi connectivity index (χ3v) is 8.68. The molecule has 2 saturated heterocycles. The molecule has 1 N–H and O–H groups in total. The number of hydrogen-bond donors (Lipinski definition) is 1. The molecule has 0 aromatic heterocycles. The highest BCUT2D eigenvalue weighted by Crippen LogP contribution is 2.36. The van der Waals surface area contributed by atoms with Gasteiger partial charge < -0.3 is 19.3 Å². The van der Waals surface area contributed by atoms with E-state index in [1.165, 1.54) is 34.9 Å². The van der Waals surface area contributed by atoms with Crippen molar-refractivity contribution in [1.29, 1.82) is 0 Å². The normalized spacial score (nSPS) is 16.4. The van der Waals surface area contributed by atoms with Crippen LogP contribution in [0.2, 0.25) is 0 Å². The third-order valence-electron chi connectivity index (χ3n) is 7.30. The summed E-state index contributed by atoms with van der Waals surface area (Å²) in [7, 11) is 0. The highest BCUT2D eigenvalue weighted by molar-refractivity contribution is 8.26. The summed E-state index contributed by atoms with van der Waals surface area (Å²) in [5.41, 5.74) is 1.93. The molecule has 0 unspecified atom stereocenters. The molecule has 236 valence electrons. The summed E-state index contributed by atoms with van der Waals surface area (Å²) in [6.07, 6.45) is 3.03. The molecule has 2 fully saturated rings. The lowest BCUT2D eigenvalue weighted by atomic mass is 10.0. The zero-order valence-corrected chi connectivity index (χ0v) is 26.0. The van der Waals surface area contributed by atoms with E-state index in [1.54, 1.807) is 36.4 Å². The number of rotatable bonds is 13. The van der Waals surface area contributed by atoms with E-state index in [9.17, 15) is 18.4 Å². The number of halogens is 2. The molecule has 0 atom stereocenters. The Morgan fingerprint density at radius 1 is 0.933 bits per heavy atom. The molecular weight excluding hydrogens is 623 g/mol. The minimum atomic E-state index is -1.01. The summed E-state index contributed by atoms with van der Waals surface area (Å²) in [5, 5.41) is 9.03. The van der Waals surface area contributed by atoms with Crippen molar-refractivity contribution < 1.29 is 37.7 Å². The fourth-order valence-electron chi connectivity index (χ4n) is 4.88. The van der Waals surface area contributed by atoms with E-state index in [2.05, 4.69) is 4.90 Å². The van der Waals surface area contributed by atoms with Crippen molar-refractivity contribution in [2.45, 2.75) is 12.8 Å². The van der Waals surface area contributed by atoms with Gasteiger partial charge in [-0.15, -0.1) is 0 Å². The summed E-state index contributed by atoms with van der Waals surface area (Å²) < 4.78 is 45.3. The number of aromatic carboxylic acids is 1. The molecule has 3 aromatic carbocycles. The number of carboxylic acid groups (broad SMARTS) is 1. The zero-order chi connectivity index (χ0) is 31.8. The first kappa shape index (κ1) is 32.6. The molecule has 0 spiro atoms. The number of thiocarbonyl (C=S) groups is 1. The second-order valence-corrected chi connectivity index (χ2v) is 12.1. The first-order chi connectivity index (χ1) is 21.8. The molecule has 8 nitrogen and oxygen atoms in total. The van der Waals surface area contributed by atoms with Gasteiger partial charge >= 0.3 is 5.97 Å². The van der Waals surface area contributed by atoms with Crippen LogP contribution >= 0.6 is 24.0 Å². The topological polar surface area (TPSA) is 88.5 Å². The molecule has 45 heavy (non-hydrogen) atoms. The molecule has 0 bridgehead atoms. The molecule has 3 aromatic rings. The van der Waals surface area contributed by atoms with Crippen LogP contribution in [0, 0.1) is 11.6 Å². The minimum Gasteiger partial charge on any atom is -0.494 e. The van der Waals surface area contributed by atoms with Gasteiger partial charge in [0, 0.05) is 31.7 Å². The Kier molecular flexibility index (Phi) is 11.2. The second-order valence-electron chi connectivity index (χ2n) is 10.4. The van der Waals surface area contributed by atoms with Crippen molar-refractivity contribution in [1.82, 2.24) is 9.80 Å². The monoisotopic (exact) mass is 654 g/mol. The zero-order valence-electron chi connectivity index (χ0n) is 24.4. The molecule has 0 aliphatic carbocycles. The quantitative estimate of drug-likeness (QED) is 0.133. The first-order valence-electron chi connectivity index (χ1n) is 14.5. The van der Waals surface area contributed by atoms with Crippen LogP contribution in [0.3, 0.4) is 0 Å². The van der Waals surface area contributed by atoms with Crippen molar-refractivity contribution >= 4 is 46.3 Å². The average molecular weight is 655 g/mol. The summed E-state index contributed by atoms with van der Waals surface area (Å²) in [5.74, 6) is -2.03. The van der Waals surface area contributed by atoms with Crippen LogP contribution in [-0.4, -0.2) is 83.7 Å². The van der Waals surface area contributed by atoms with Crippen LogP contribution in [0.1, 0.15) is 28.8 Å². The van der Waals surface area contributed by atoms with E-state index < -0.39 is 17.6 Å². The lowest BCUT2D eigenvalue weighted by molar-refractivity contribution is -0.122. The number of thioether (sulfide) groups is 1. The third kappa shape index (κ3) is 8.66.